The first-order valence-corrected chi connectivity index (χ1v) is 6.14. The van der Waals surface area contributed by atoms with E-state index in [4.69, 9.17) is 0 Å². The summed E-state index contributed by atoms with van der Waals surface area (Å²) in [6.45, 7) is 3.18. The summed E-state index contributed by atoms with van der Waals surface area (Å²) in [5.74, 6) is -1.38. The van der Waals surface area contributed by atoms with E-state index in [0.717, 1.165) is 26.2 Å². The van der Waals surface area contributed by atoms with Crippen molar-refractivity contribution < 1.29 is 14.4 Å². The number of piperazine rings is 1. The topological polar surface area (TPSA) is 81.8 Å². The highest BCUT2D eigenvalue weighted by Crippen LogP contribution is 2.12. The van der Waals surface area contributed by atoms with E-state index in [9.17, 15) is 14.4 Å². The Morgan fingerprint density at radius 3 is 2.28 bits per heavy atom. The Morgan fingerprint density at radius 1 is 1.17 bits per heavy atom. The van der Waals surface area contributed by atoms with Crippen molar-refractivity contribution in [1.29, 1.82) is 0 Å². The third-order valence-corrected chi connectivity index (χ3v) is 3.44. The van der Waals surface area contributed by atoms with Gasteiger partial charge in [0.2, 0.25) is 5.91 Å². The number of amides is 3. The van der Waals surface area contributed by atoms with Gasteiger partial charge in [0, 0.05) is 32.6 Å². The summed E-state index contributed by atoms with van der Waals surface area (Å²) in [4.78, 5) is 38.5. The second-order valence-electron chi connectivity index (χ2n) is 4.75. The van der Waals surface area contributed by atoms with Crippen molar-refractivity contribution in [2.24, 2.45) is 5.92 Å². The smallest absolute Gasteiger partial charge is 0.251 e. The summed E-state index contributed by atoms with van der Waals surface area (Å²) in [5, 5.41) is 0. The van der Waals surface area contributed by atoms with Crippen LogP contribution < -0.4 is 10.9 Å². The van der Waals surface area contributed by atoms with E-state index in [-0.39, 0.29) is 30.6 Å². The van der Waals surface area contributed by atoms with Gasteiger partial charge in [0.15, 0.2) is 0 Å². The molecule has 2 heterocycles. The molecule has 18 heavy (non-hydrogen) atoms. The van der Waals surface area contributed by atoms with Crippen LogP contribution in [0.1, 0.15) is 12.8 Å². The first kappa shape index (κ1) is 12.8. The van der Waals surface area contributed by atoms with Crippen molar-refractivity contribution >= 4 is 17.7 Å². The van der Waals surface area contributed by atoms with Crippen LogP contribution in [0.4, 0.5) is 0 Å². The van der Waals surface area contributed by atoms with E-state index < -0.39 is 5.92 Å². The molecule has 0 unspecified atom stereocenters. The molecular weight excluding hydrogens is 236 g/mol. The number of hydrazine groups is 1. The Balaban J connectivity index is 1.78. The van der Waals surface area contributed by atoms with Crippen LogP contribution in [0.2, 0.25) is 0 Å². The van der Waals surface area contributed by atoms with E-state index in [0.29, 0.717) is 0 Å². The van der Waals surface area contributed by atoms with Crippen LogP contribution in [0.5, 0.6) is 0 Å². The van der Waals surface area contributed by atoms with Crippen LogP contribution in [-0.4, -0.2) is 60.7 Å². The monoisotopic (exact) mass is 254 g/mol. The Kier molecular flexibility index (Phi) is 3.81. The lowest BCUT2D eigenvalue weighted by Crippen LogP contribution is -2.47. The van der Waals surface area contributed by atoms with Gasteiger partial charge in [-0.2, -0.15) is 0 Å². The van der Waals surface area contributed by atoms with Crippen LogP contribution in [0.3, 0.4) is 0 Å². The number of hydrogen-bond donors (Lipinski definition) is 2. The normalized spacial score (nSPS) is 21.9. The van der Waals surface area contributed by atoms with Crippen LogP contribution >= 0.6 is 0 Å². The molecule has 0 spiro atoms. The van der Waals surface area contributed by atoms with Gasteiger partial charge in [-0.05, 0) is 13.5 Å². The molecule has 2 fully saturated rings. The number of rotatable bonds is 3. The molecule has 7 heteroatoms. The molecule has 0 atom stereocenters. The van der Waals surface area contributed by atoms with Gasteiger partial charge in [0.05, 0.1) is 0 Å². The molecule has 2 N–H and O–H groups in total. The van der Waals surface area contributed by atoms with Gasteiger partial charge in [0.25, 0.3) is 11.8 Å². The molecule has 100 valence electrons. The molecule has 3 amide bonds. The van der Waals surface area contributed by atoms with Crippen LogP contribution in [0.15, 0.2) is 0 Å². The van der Waals surface area contributed by atoms with Gasteiger partial charge < -0.3 is 9.80 Å². The quantitative estimate of drug-likeness (QED) is 0.589. The molecule has 0 aromatic heterocycles. The Morgan fingerprint density at radius 2 is 1.72 bits per heavy atom. The molecular formula is C11H18N4O3. The molecule has 0 aliphatic carbocycles. The molecule has 2 rings (SSSR count). The van der Waals surface area contributed by atoms with E-state index in [1.54, 1.807) is 4.90 Å². The summed E-state index contributed by atoms with van der Waals surface area (Å²) >= 11 is 0. The third-order valence-electron chi connectivity index (χ3n) is 3.44. The van der Waals surface area contributed by atoms with Gasteiger partial charge >= 0.3 is 0 Å². The van der Waals surface area contributed by atoms with Crippen molar-refractivity contribution in [2.45, 2.75) is 12.8 Å². The van der Waals surface area contributed by atoms with Crippen molar-refractivity contribution in [1.82, 2.24) is 20.7 Å². The van der Waals surface area contributed by atoms with Crippen molar-refractivity contribution in [3.05, 3.63) is 0 Å². The van der Waals surface area contributed by atoms with E-state index in [2.05, 4.69) is 15.8 Å². The predicted molar refractivity (Wildman–Crippen MR) is 63.1 cm³/mol. The maximum atomic E-state index is 11.9. The second kappa shape index (κ2) is 5.34. The Labute approximate surface area is 105 Å². The standard InChI is InChI=1S/C11H18N4O3/c1-14-4-6-15(7-5-14)9(16)3-2-8-10(17)12-13-11(8)18/h8H,2-7H2,1H3,(H,12,17)(H,13,18). The van der Waals surface area contributed by atoms with E-state index >= 15 is 0 Å². The van der Waals surface area contributed by atoms with Crippen LogP contribution in [0, 0.1) is 5.92 Å². The van der Waals surface area contributed by atoms with Crippen molar-refractivity contribution in [3.63, 3.8) is 0 Å². The van der Waals surface area contributed by atoms with Gasteiger partial charge in [0.1, 0.15) is 5.92 Å². The van der Waals surface area contributed by atoms with Gasteiger partial charge in [-0.3, -0.25) is 25.2 Å². The van der Waals surface area contributed by atoms with E-state index in [1.807, 2.05) is 7.05 Å². The summed E-state index contributed by atoms with van der Waals surface area (Å²) in [6, 6.07) is 0. The average Bonchev–Trinajstić information content (AvgIpc) is 2.67. The minimum absolute atomic E-state index is 0.0237. The number of carbonyl (C=O) groups is 3. The van der Waals surface area contributed by atoms with Crippen LogP contribution in [0.25, 0.3) is 0 Å². The lowest BCUT2D eigenvalue weighted by atomic mass is 10.0. The SMILES string of the molecule is CN1CCN(C(=O)CCC2C(=O)NNC2=O)CC1. The highest BCUT2D eigenvalue weighted by Gasteiger charge is 2.33. The lowest BCUT2D eigenvalue weighted by Gasteiger charge is -2.32. The Bertz CT molecular complexity index is 347. The number of carbonyl (C=O) groups excluding carboxylic acids is 3. The zero-order valence-electron chi connectivity index (χ0n) is 10.4. The van der Waals surface area contributed by atoms with Crippen LogP contribution in [-0.2, 0) is 14.4 Å². The summed E-state index contributed by atoms with van der Waals surface area (Å²) in [7, 11) is 2.02. The van der Waals surface area contributed by atoms with Gasteiger partial charge in [-0.15, -0.1) is 0 Å². The number of nitrogens with one attached hydrogen (secondary N) is 2. The molecule has 2 aliphatic rings. The summed E-state index contributed by atoms with van der Waals surface area (Å²) in [6.07, 6.45) is 0.526. The summed E-state index contributed by atoms with van der Waals surface area (Å²) < 4.78 is 0. The highest BCUT2D eigenvalue weighted by atomic mass is 16.2. The number of nitrogens with zero attached hydrogens (tertiary/aromatic N) is 2. The fourth-order valence-electron chi connectivity index (χ4n) is 2.16. The largest absolute Gasteiger partial charge is 0.340 e. The zero-order valence-corrected chi connectivity index (χ0v) is 10.4. The molecule has 2 aliphatic heterocycles. The maximum absolute atomic E-state index is 11.9. The average molecular weight is 254 g/mol. The number of likely N-dealkylation sites (N-methyl/N-ethyl adjacent to an activating group) is 1. The van der Waals surface area contributed by atoms with Gasteiger partial charge in [-0.25, -0.2) is 0 Å². The molecule has 0 bridgehead atoms. The second-order valence-corrected chi connectivity index (χ2v) is 4.75. The maximum Gasteiger partial charge on any atom is 0.251 e. The highest BCUT2D eigenvalue weighted by molar-refractivity contribution is 6.05. The van der Waals surface area contributed by atoms with E-state index in [1.165, 1.54) is 0 Å². The van der Waals surface area contributed by atoms with Crippen molar-refractivity contribution in [3.8, 4) is 0 Å². The summed E-state index contributed by atoms with van der Waals surface area (Å²) in [5.41, 5.74) is 4.52. The molecule has 2 saturated heterocycles. The number of hydrogen-bond acceptors (Lipinski definition) is 4. The molecule has 0 aromatic carbocycles. The van der Waals surface area contributed by atoms with Crippen molar-refractivity contribution in [2.75, 3.05) is 33.2 Å². The minimum atomic E-state index is -0.721. The zero-order chi connectivity index (χ0) is 13.1. The molecule has 0 radical (unpaired) electrons. The predicted octanol–water partition coefficient (Wildman–Crippen LogP) is -1.68. The molecule has 0 aromatic rings. The van der Waals surface area contributed by atoms with Gasteiger partial charge in [-0.1, -0.05) is 0 Å². The Hall–Kier alpha value is -1.63. The first-order chi connectivity index (χ1) is 8.58. The molecule has 0 saturated carbocycles. The lowest BCUT2D eigenvalue weighted by molar-refractivity contribution is -0.133. The fourth-order valence-corrected chi connectivity index (χ4v) is 2.16. The minimum Gasteiger partial charge on any atom is -0.340 e. The molecule has 7 nitrogen and oxygen atoms in total. The third kappa shape index (κ3) is 2.79. The fraction of sp³-hybridized carbons (Fsp3) is 0.727. The first-order valence-electron chi connectivity index (χ1n) is 6.14.